The summed E-state index contributed by atoms with van der Waals surface area (Å²) >= 11 is 4.86. The monoisotopic (exact) mass is 283 g/mol. The standard InChI is InChI=1S/C11H10BrNOS/c12-9-3-1-8(2-4-9)5-10(14)11-6-13-7-15-11/h1-4,6-7,10,14H,5H2. The van der Waals surface area contributed by atoms with E-state index >= 15 is 0 Å². The summed E-state index contributed by atoms with van der Waals surface area (Å²) in [6, 6.07) is 7.98. The summed E-state index contributed by atoms with van der Waals surface area (Å²) < 4.78 is 1.05. The van der Waals surface area contributed by atoms with Crippen LogP contribution in [0.5, 0.6) is 0 Å². The molecule has 1 unspecified atom stereocenters. The van der Waals surface area contributed by atoms with Crippen LogP contribution in [0, 0.1) is 0 Å². The first-order valence-electron chi connectivity index (χ1n) is 4.56. The van der Waals surface area contributed by atoms with E-state index in [9.17, 15) is 5.11 Å². The Labute approximate surface area is 101 Å². The zero-order chi connectivity index (χ0) is 10.7. The molecule has 1 aromatic carbocycles. The number of rotatable bonds is 3. The normalized spacial score (nSPS) is 12.7. The van der Waals surface area contributed by atoms with E-state index in [0.29, 0.717) is 6.42 Å². The average molecular weight is 284 g/mol. The molecular weight excluding hydrogens is 274 g/mol. The third kappa shape index (κ3) is 2.87. The van der Waals surface area contributed by atoms with Crippen molar-refractivity contribution in [1.82, 2.24) is 4.98 Å². The molecule has 2 nitrogen and oxygen atoms in total. The molecule has 0 bridgehead atoms. The zero-order valence-electron chi connectivity index (χ0n) is 7.93. The number of hydrogen-bond acceptors (Lipinski definition) is 3. The largest absolute Gasteiger partial charge is 0.387 e. The Morgan fingerprint density at radius 2 is 2.07 bits per heavy atom. The van der Waals surface area contributed by atoms with Gasteiger partial charge in [0, 0.05) is 17.1 Å². The second-order valence-corrected chi connectivity index (χ2v) is 5.08. The molecule has 0 aliphatic heterocycles. The highest BCUT2D eigenvalue weighted by Crippen LogP contribution is 2.22. The van der Waals surface area contributed by atoms with Gasteiger partial charge in [-0.1, -0.05) is 28.1 Å². The van der Waals surface area contributed by atoms with Gasteiger partial charge in [0.1, 0.15) is 0 Å². The van der Waals surface area contributed by atoms with Crippen LogP contribution in [0.15, 0.2) is 40.4 Å². The van der Waals surface area contributed by atoms with E-state index < -0.39 is 6.10 Å². The summed E-state index contributed by atoms with van der Waals surface area (Å²) in [5.74, 6) is 0. The third-order valence-corrected chi connectivity index (χ3v) is 3.53. The Hall–Kier alpha value is -0.710. The molecule has 0 saturated heterocycles. The molecule has 0 saturated carbocycles. The molecule has 2 rings (SSSR count). The van der Waals surface area contributed by atoms with Gasteiger partial charge in [-0.05, 0) is 17.7 Å². The molecule has 0 radical (unpaired) electrons. The molecule has 0 amide bonds. The number of benzene rings is 1. The number of aliphatic hydroxyl groups excluding tert-OH is 1. The molecule has 1 heterocycles. The zero-order valence-corrected chi connectivity index (χ0v) is 10.3. The third-order valence-electron chi connectivity index (χ3n) is 2.12. The number of halogens is 1. The van der Waals surface area contributed by atoms with Gasteiger partial charge >= 0.3 is 0 Å². The van der Waals surface area contributed by atoms with Gasteiger partial charge in [-0.3, -0.25) is 4.98 Å². The summed E-state index contributed by atoms with van der Waals surface area (Å²) in [5.41, 5.74) is 2.86. The Bertz CT molecular complexity index is 413. The van der Waals surface area contributed by atoms with Crippen LogP contribution in [-0.4, -0.2) is 10.1 Å². The van der Waals surface area contributed by atoms with Crippen LogP contribution in [-0.2, 0) is 6.42 Å². The molecule has 15 heavy (non-hydrogen) atoms. The maximum atomic E-state index is 9.89. The highest BCUT2D eigenvalue weighted by Gasteiger charge is 2.09. The number of thiazole rings is 1. The first-order valence-corrected chi connectivity index (χ1v) is 6.24. The van der Waals surface area contributed by atoms with Crippen molar-refractivity contribution in [2.75, 3.05) is 0 Å². The second-order valence-electron chi connectivity index (χ2n) is 3.25. The molecule has 1 aromatic heterocycles. The summed E-state index contributed by atoms with van der Waals surface area (Å²) in [5, 5.41) is 9.89. The van der Waals surface area contributed by atoms with Gasteiger partial charge < -0.3 is 5.11 Å². The van der Waals surface area contributed by atoms with Crippen molar-refractivity contribution in [2.24, 2.45) is 0 Å². The molecule has 2 aromatic rings. The van der Waals surface area contributed by atoms with Crippen molar-refractivity contribution >= 4 is 27.3 Å². The topological polar surface area (TPSA) is 33.1 Å². The molecule has 4 heteroatoms. The van der Waals surface area contributed by atoms with Crippen molar-refractivity contribution in [3.8, 4) is 0 Å². The fourth-order valence-corrected chi connectivity index (χ4v) is 2.20. The van der Waals surface area contributed by atoms with Crippen LogP contribution in [0.2, 0.25) is 0 Å². The lowest BCUT2D eigenvalue weighted by molar-refractivity contribution is 0.182. The molecule has 1 atom stereocenters. The van der Waals surface area contributed by atoms with Crippen LogP contribution in [0.3, 0.4) is 0 Å². The molecule has 0 fully saturated rings. The van der Waals surface area contributed by atoms with Gasteiger partial charge in [-0.25, -0.2) is 0 Å². The van der Waals surface area contributed by atoms with E-state index in [-0.39, 0.29) is 0 Å². The predicted octanol–water partition coefficient (Wildman–Crippen LogP) is 3.18. The average Bonchev–Trinajstić information content (AvgIpc) is 2.74. The molecule has 1 N–H and O–H groups in total. The fourth-order valence-electron chi connectivity index (χ4n) is 1.33. The van der Waals surface area contributed by atoms with Crippen molar-refractivity contribution < 1.29 is 5.11 Å². The summed E-state index contributed by atoms with van der Waals surface area (Å²) in [4.78, 5) is 4.86. The molecular formula is C11H10BrNOS. The SMILES string of the molecule is OC(Cc1ccc(Br)cc1)c1cncs1. The maximum absolute atomic E-state index is 9.89. The second kappa shape index (κ2) is 4.88. The van der Waals surface area contributed by atoms with Gasteiger partial charge in [0.15, 0.2) is 0 Å². The number of aromatic nitrogens is 1. The fraction of sp³-hybridized carbons (Fsp3) is 0.182. The van der Waals surface area contributed by atoms with Crippen LogP contribution < -0.4 is 0 Å². The van der Waals surface area contributed by atoms with Crippen molar-refractivity contribution in [3.05, 3.63) is 50.9 Å². The van der Waals surface area contributed by atoms with Gasteiger partial charge in [0.2, 0.25) is 0 Å². The highest BCUT2D eigenvalue weighted by molar-refractivity contribution is 9.10. The van der Waals surface area contributed by atoms with Crippen molar-refractivity contribution in [3.63, 3.8) is 0 Å². The van der Waals surface area contributed by atoms with Gasteiger partial charge in [0.05, 0.1) is 16.5 Å². The number of aliphatic hydroxyl groups is 1. The minimum absolute atomic E-state index is 0.446. The van der Waals surface area contributed by atoms with Crippen molar-refractivity contribution in [1.29, 1.82) is 0 Å². The Kier molecular flexibility index (Phi) is 3.51. The summed E-state index contributed by atoms with van der Waals surface area (Å²) in [6.45, 7) is 0. The quantitative estimate of drug-likeness (QED) is 0.939. The lowest BCUT2D eigenvalue weighted by atomic mass is 10.1. The number of nitrogens with zero attached hydrogens (tertiary/aromatic N) is 1. The van der Waals surface area contributed by atoms with Gasteiger partial charge in [0.25, 0.3) is 0 Å². The Morgan fingerprint density at radius 1 is 1.33 bits per heavy atom. The summed E-state index contributed by atoms with van der Waals surface area (Å²) in [7, 11) is 0. The lowest BCUT2D eigenvalue weighted by Gasteiger charge is -2.07. The molecule has 0 spiro atoms. The number of hydrogen-bond donors (Lipinski definition) is 1. The van der Waals surface area contributed by atoms with E-state index in [4.69, 9.17) is 0 Å². The van der Waals surface area contributed by atoms with Crippen LogP contribution in [0.4, 0.5) is 0 Å². The van der Waals surface area contributed by atoms with Gasteiger partial charge in [-0.2, -0.15) is 0 Å². The van der Waals surface area contributed by atoms with Crippen LogP contribution in [0.1, 0.15) is 16.5 Å². The molecule has 0 aliphatic carbocycles. The van der Waals surface area contributed by atoms with E-state index in [1.165, 1.54) is 11.3 Å². The lowest BCUT2D eigenvalue weighted by Crippen LogP contribution is -1.99. The molecule has 0 aliphatic rings. The van der Waals surface area contributed by atoms with E-state index in [1.54, 1.807) is 11.7 Å². The minimum atomic E-state index is -0.446. The Balaban J connectivity index is 2.06. The van der Waals surface area contributed by atoms with Crippen molar-refractivity contribution in [2.45, 2.75) is 12.5 Å². The first kappa shape index (κ1) is 10.8. The van der Waals surface area contributed by atoms with Crippen LogP contribution >= 0.6 is 27.3 Å². The van der Waals surface area contributed by atoms with E-state index in [1.807, 2.05) is 24.3 Å². The predicted molar refractivity (Wildman–Crippen MR) is 64.9 cm³/mol. The van der Waals surface area contributed by atoms with Gasteiger partial charge in [-0.15, -0.1) is 11.3 Å². The maximum Gasteiger partial charge on any atom is 0.0938 e. The highest BCUT2D eigenvalue weighted by atomic mass is 79.9. The summed E-state index contributed by atoms with van der Waals surface area (Å²) in [6.07, 6.45) is 1.91. The Morgan fingerprint density at radius 3 is 2.67 bits per heavy atom. The minimum Gasteiger partial charge on any atom is -0.387 e. The van der Waals surface area contributed by atoms with E-state index in [0.717, 1.165) is 14.9 Å². The first-order chi connectivity index (χ1) is 7.25. The van der Waals surface area contributed by atoms with Crippen LogP contribution in [0.25, 0.3) is 0 Å². The van der Waals surface area contributed by atoms with E-state index in [2.05, 4.69) is 20.9 Å². The molecule has 78 valence electrons. The smallest absolute Gasteiger partial charge is 0.0938 e.